The second-order valence-corrected chi connectivity index (χ2v) is 53.5. The number of nitrogens with zero attached hydrogens (tertiary/aromatic N) is 4. The molecule has 0 aliphatic heterocycles. The Labute approximate surface area is 253 Å². The summed E-state index contributed by atoms with van der Waals surface area (Å²) in [4.78, 5) is 25.6. The Kier molecular flexibility index (Phi) is 14.6. The summed E-state index contributed by atoms with van der Waals surface area (Å²) in [5, 5.41) is 0.242. The first kappa shape index (κ1) is 37.9. The number of halogens is 1. The Morgan fingerprint density at radius 3 is 1.54 bits per heavy atom. The molecule has 216 valence electrons. The molecule has 0 amide bonds. The molecule has 2 heterocycles. The van der Waals surface area contributed by atoms with Gasteiger partial charge >= 0.3 is 175 Å². The van der Waals surface area contributed by atoms with Crippen LogP contribution in [0.5, 0.6) is 0 Å². The van der Waals surface area contributed by atoms with Crippen LogP contribution in [0.15, 0.2) is 25.0 Å². The molecule has 9 heteroatoms. The molecule has 37 heavy (non-hydrogen) atoms. The summed E-state index contributed by atoms with van der Waals surface area (Å²) in [6.45, 7) is 24.5. The van der Waals surface area contributed by atoms with E-state index in [9.17, 15) is 0 Å². The van der Waals surface area contributed by atoms with Gasteiger partial charge in [-0.25, -0.2) is 4.98 Å². The van der Waals surface area contributed by atoms with Gasteiger partial charge < -0.3 is 4.57 Å². The predicted octanol–water partition coefficient (Wildman–Crippen LogP) is 8.72. The third kappa shape index (κ3) is 18.1. The van der Waals surface area contributed by atoms with Crippen LogP contribution < -0.4 is 3.71 Å². The summed E-state index contributed by atoms with van der Waals surface area (Å²) < 4.78 is 13.3. The van der Waals surface area contributed by atoms with Crippen LogP contribution >= 0.6 is 22.6 Å². The van der Waals surface area contributed by atoms with Gasteiger partial charge in [-0.05, 0) is 28.0 Å². The van der Waals surface area contributed by atoms with Gasteiger partial charge in [-0.1, -0.05) is 20.8 Å². The monoisotopic (exact) mass is 862 g/mol. The minimum atomic E-state index is -2.06. The number of aromatic nitrogens is 4. The maximum absolute atomic E-state index is 6.60. The quantitative estimate of drug-likeness (QED) is 0.216. The molecule has 0 aromatic carbocycles. The summed E-state index contributed by atoms with van der Waals surface area (Å²) >= 11 is -1.02. The van der Waals surface area contributed by atoms with Crippen molar-refractivity contribution in [1.29, 1.82) is 0 Å². The Bertz CT molecular complexity index is 937. The van der Waals surface area contributed by atoms with Crippen LogP contribution in [0, 0.1) is 9.12 Å². The maximum atomic E-state index is 6.60. The van der Waals surface area contributed by atoms with E-state index in [-0.39, 0.29) is 10.6 Å². The molecular formula is C28H59IN4OSiSn2. The van der Waals surface area contributed by atoms with Crippen LogP contribution in [0.3, 0.4) is 0 Å². The Balaban J connectivity index is 0.000000670. The zero-order valence-corrected chi connectivity index (χ0v) is 36.2. The number of imidazole rings is 2. The first-order valence-corrected chi connectivity index (χ1v) is 38.9. The average Bonchev–Trinajstić information content (AvgIpc) is 3.18. The van der Waals surface area contributed by atoms with Crippen molar-refractivity contribution in [1.82, 2.24) is 19.1 Å². The Morgan fingerprint density at radius 1 is 0.784 bits per heavy atom. The molecule has 0 spiro atoms. The van der Waals surface area contributed by atoms with Gasteiger partial charge in [-0.2, -0.15) is 0 Å². The van der Waals surface area contributed by atoms with E-state index in [1.165, 1.54) is 3.71 Å². The molecule has 0 N–H and O–H groups in total. The number of rotatable bonds is 6. The Hall–Kier alpha value is 0.924. The predicted molar refractivity (Wildman–Crippen MR) is 181 cm³/mol. The van der Waals surface area contributed by atoms with Crippen LogP contribution in [-0.2, 0) is 17.5 Å². The van der Waals surface area contributed by atoms with E-state index in [2.05, 4.69) is 157 Å². The van der Waals surface area contributed by atoms with Gasteiger partial charge in [0.1, 0.15) is 3.70 Å². The van der Waals surface area contributed by atoms with Gasteiger partial charge in [0.15, 0.2) is 0 Å². The van der Waals surface area contributed by atoms with Gasteiger partial charge in [0.25, 0.3) is 0 Å². The second kappa shape index (κ2) is 14.2. The molecule has 0 saturated heterocycles. The third-order valence-corrected chi connectivity index (χ3v) is 15.9. The van der Waals surface area contributed by atoms with Crippen molar-refractivity contribution in [3.05, 3.63) is 28.7 Å². The normalized spacial score (nSPS) is 13.5. The molecule has 2 aromatic heterocycles. The van der Waals surface area contributed by atoms with Gasteiger partial charge in [0.2, 0.25) is 0 Å². The molecule has 0 aliphatic carbocycles. The fraction of sp³-hybridized carbons (Fsp3) is 0.786. The van der Waals surface area contributed by atoms with Gasteiger partial charge in [0, 0.05) is 12.7 Å². The van der Waals surface area contributed by atoms with Crippen molar-refractivity contribution in [2.75, 3.05) is 0 Å². The minimum absolute atomic E-state index is 0.158. The summed E-state index contributed by atoms with van der Waals surface area (Å²) in [6, 6.07) is 0. The fourth-order valence-electron chi connectivity index (χ4n) is 3.12. The van der Waals surface area contributed by atoms with Gasteiger partial charge in [0.05, 0.1) is 6.33 Å². The molecule has 0 radical (unpaired) electrons. The third-order valence-electron chi connectivity index (χ3n) is 5.56. The summed E-state index contributed by atoms with van der Waals surface area (Å²) in [7, 11) is -1.74. The summed E-state index contributed by atoms with van der Waals surface area (Å²) in [6.07, 6.45) is 8.17. The van der Waals surface area contributed by atoms with Gasteiger partial charge in [-0.3, -0.25) is 0 Å². The first-order chi connectivity index (χ1) is 16.1. The zero-order valence-electron chi connectivity index (χ0n) is 27.3. The van der Waals surface area contributed by atoms with Crippen LogP contribution in [0.25, 0.3) is 0 Å². The van der Waals surface area contributed by atoms with E-state index in [0.717, 1.165) is 16.8 Å². The SMILES string of the molecule is CC(C)(C)Cn1cnc(I)c1.CC(C)(Cn1cn[c]([Sn]([CH3])([CH3])[CH3])c1)O[Si](C)(C)C(C)(C)C.[CH3][Sn]([CH3])([CH3])[CH3]. The molecule has 0 aliphatic rings. The standard InChI is InChI=1S/C13H25N2OSi.C8H13IN2.7CH3.2Sn/c1-12(2,3)17(6,7)16-13(4,5)10-15-9-8-14-11-15;1-8(2,3)5-11-4-7(9)10-6-11;;;;;;;;;/h9,11H,10H2,1-7H3;4,6H,5H2,1-3H3;7*1H3;;. The fourth-order valence-corrected chi connectivity index (χ4v) is 8.20. The van der Waals surface area contributed by atoms with Crippen molar-refractivity contribution in [3.8, 4) is 0 Å². The van der Waals surface area contributed by atoms with Crippen molar-refractivity contribution in [3.63, 3.8) is 0 Å². The van der Waals surface area contributed by atoms with Crippen molar-refractivity contribution in [2.24, 2.45) is 5.41 Å². The molecular weight excluding hydrogens is 801 g/mol. The first-order valence-electron chi connectivity index (χ1n) is 13.5. The van der Waals surface area contributed by atoms with Crippen molar-refractivity contribution in [2.45, 2.75) is 127 Å². The molecule has 2 rings (SSSR count). The summed E-state index contributed by atoms with van der Waals surface area (Å²) in [5.41, 5.74) is 0.179. The van der Waals surface area contributed by atoms with E-state index in [4.69, 9.17) is 4.43 Å². The number of hydrogen-bond acceptors (Lipinski definition) is 3. The molecule has 2 aromatic rings. The summed E-state index contributed by atoms with van der Waals surface area (Å²) in [5.74, 6) is 0. The van der Waals surface area contributed by atoms with E-state index in [1.54, 1.807) is 0 Å². The molecule has 5 nitrogen and oxygen atoms in total. The van der Waals surface area contributed by atoms with Crippen molar-refractivity contribution >= 4 is 71.4 Å². The number of hydrogen-bond donors (Lipinski definition) is 0. The average molecular weight is 860 g/mol. The van der Waals surface area contributed by atoms with Crippen LogP contribution in [-0.4, -0.2) is 69.8 Å². The molecule has 0 bridgehead atoms. The van der Waals surface area contributed by atoms with E-state index < -0.39 is 45.1 Å². The van der Waals surface area contributed by atoms with E-state index in [1.807, 2.05) is 12.7 Å². The van der Waals surface area contributed by atoms with Crippen LogP contribution in [0.4, 0.5) is 0 Å². The van der Waals surface area contributed by atoms with Crippen LogP contribution in [0.1, 0.15) is 55.4 Å². The molecule has 0 unspecified atom stereocenters. The van der Waals surface area contributed by atoms with Gasteiger partial charge in [-0.15, -0.1) is 0 Å². The topological polar surface area (TPSA) is 44.9 Å². The second-order valence-electron chi connectivity index (χ2n) is 16.2. The molecule has 0 atom stereocenters. The Morgan fingerprint density at radius 2 is 1.22 bits per heavy atom. The molecule has 0 saturated carbocycles. The zero-order chi connectivity index (χ0) is 29.7. The van der Waals surface area contributed by atoms with Crippen molar-refractivity contribution < 1.29 is 4.43 Å². The van der Waals surface area contributed by atoms with Crippen LogP contribution in [0.2, 0.25) is 52.7 Å². The molecule has 0 fully saturated rings. The van der Waals surface area contributed by atoms with E-state index in [0.29, 0.717) is 5.41 Å². The van der Waals surface area contributed by atoms with E-state index >= 15 is 0 Å².